The molecule has 1 aromatic heterocycles. The zero-order valence-electron chi connectivity index (χ0n) is 15.4. The molecule has 2 heterocycles. The number of fused-ring (bicyclic) bond motifs is 3. The predicted molar refractivity (Wildman–Crippen MR) is 104 cm³/mol. The fourth-order valence-corrected chi connectivity index (χ4v) is 4.05. The van der Waals surface area contributed by atoms with Gasteiger partial charge in [0.1, 0.15) is 5.82 Å². The number of ether oxygens (including phenoxy) is 1. The Labute approximate surface area is 162 Å². The van der Waals surface area contributed by atoms with Crippen molar-refractivity contribution in [2.24, 2.45) is 5.41 Å². The van der Waals surface area contributed by atoms with Gasteiger partial charge >= 0.3 is 5.97 Å². The summed E-state index contributed by atoms with van der Waals surface area (Å²) in [5.74, 6) is 0.793. The van der Waals surface area contributed by atoms with E-state index >= 15 is 0 Å². The maximum Gasteiger partial charge on any atom is 0.312 e. The molecule has 2 aliphatic rings. The molecule has 0 bridgehead atoms. The van der Waals surface area contributed by atoms with Crippen molar-refractivity contribution in [3.05, 3.63) is 39.8 Å². The van der Waals surface area contributed by atoms with E-state index in [9.17, 15) is 4.79 Å². The number of imidazole rings is 1. The van der Waals surface area contributed by atoms with Gasteiger partial charge < -0.3 is 9.72 Å². The van der Waals surface area contributed by atoms with E-state index in [1.54, 1.807) is 0 Å². The average Bonchev–Trinajstić information content (AvgIpc) is 3.19. The molecule has 26 heavy (non-hydrogen) atoms. The number of nitrogens with one attached hydrogen (secondary N) is 2. The highest BCUT2D eigenvalue weighted by Crippen LogP contribution is 2.36. The molecular weight excluding hydrogens is 394 g/mol. The van der Waals surface area contributed by atoms with Crippen LogP contribution in [0.15, 0.2) is 22.7 Å². The van der Waals surface area contributed by atoms with Crippen LogP contribution in [0.3, 0.4) is 0 Å². The van der Waals surface area contributed by atoms with E-state index in [2.05, 4.69) is 44.4 Å². The van der Waals surface area contributed by atoms with E-state index in [1.165, 1.54) is 16.8 Å². The van der Waals surface area contributed by atoms with E-state index in [0.717, 1.165) is 41.8 Å². The fraction of sp³-hybridized carbons (Fsp3) is 0.500. The number of esters is 1. The molecule has 2 aromatic rings. The summed E-state index contributed by atoms with van der Waals surface area (Å²) in [6.45, 7) is 6.45. The number of halogens is 1. The molecule has 6 heteroatoms. The zero-order chi connectivity index (χ0) is 18.5. The largest absolute Gasteiger partial charge is 0.445 e. The average molecular weight is 418 g/mol. The molecule has 1 aliphatic carbocycles. The van der Waals surface area contributed by atoms with E-state index < -0.39 is 5.41 Å². The number of hydrogen-bond donors (Lipinski definition) is 2. The Bertz CT molecular complexity index is 853. The topological polar surface area (TPSA) is 67.0 Å². The highest BCUT2D eigenvalue weighted by Gasteiger charge is 2.37. The van der Waals surface area contributed by atoms with Crippen molar-refractivity contribution in [1.29, 1.82) is 0 Å². The molecule has 1 unspecified atom stereocenters. The highest BCUT2D eigenvalue weighted by molar-refractivity contribution is 9.10. The smallest absolute Gasteiger partial charge is 0.312 e. The lowest BCUT2D eigenvalue weighted by Gasteiger charge is -2.23. The van der Waals surface area contributed by atoms with Crippen LogP contribution in [0, 0.1) is 5.41 Å². The van der Waals surface area contributed by atoms with Crippen LogP contribution in [0.1, 0.15) is 50.2 Å². The third kappa shape index (κ3) is 3.21. The van der Waals surface area contributed by atoms with Crippen LogP contribution in [0.2, 0.25) is 0 Å². The Morgan fingerprint density at radius 3 is 2.88 bits per heavy atom. The molecule has 1 aliphatic heterocycles. The second kappa shape index (κ2) is 6.50. The minimum atomic E-state index is -0.510. The number of aromatic amines is 1. The van der Waals surface area contributed by atoms with Crippen LogP contribution in [0.5, 0.6) is 0 Å². The minimum Gasteiger partial charge on any atom is -0.445 e. The van der Waals surface area contributed by atoms with Crippen molar-refractivity contribution in [2.45, 2.75) is 52.2 Å². The molecule has 2 atom stereocenters. The summed E-state index contributed by atoms with van der Waals surface area (Å²) in [6.07, 6.45) is 2.55. The van der Waals surface area contributed by atoms with Gasteiger partial charge in [0.2, 0.25) is 0 Å². The molecule has 2 N–H and O–H groups in total. The quantitative estimate of drug-likeness (QED) is 0.726. The van der Waals surface area contributed by atoms with E-state index in [-0.39, 0.29) is 18.1 Å². The number of H-pyrrole nitrogens is 1. The number of aromatic nitrogens is 2. The first-order valence-corrected chi connectivity index (χ1v) is 9.94. The number of benzene rings is 1. The van der Waals surface area contributed by atoms with Crippen molar-refractivity contribution in [2.75, 3.05) is 6.54 Å². The molecule has 1 aromatic carbocycles. The number of hydrogen-bond acceptors (Lipinski definition) is 4. The van der Waals surface area contributed by atoms with Crippen molar-refractivity contribution in [3.8, 4) is 11.3 Å². The summed E-state index contributed by atoms with van der Waals surface area (Å²) in [4.78, 5) is 20.7. The van der Waals surface area contributed by atoms with Gasteiger partial charge in [-0.1, -0.05) is 22.0 Å². The van der Waals surface area contributed by atoms with Gasteiger partial charge in [0.25, 0.3) is 0 Å². The van der Waals surface area contributed by atoms with Crippen LogP contribution in [-0.2, 0) is 22.4 Å². The SMILES string of the molecule is CC(C)(C)C(=O)OC1NCC[C@H]1c1nc2c([nH]1)CCc1cc(Br)ccc1-2. The number of carbonyl (C=O) groups excluding carboxylic acids is 1. The van der Waals surface area contributed by atoms with Crippen molar-refractivity contribution >= 4 is 21.9 Å². The lowest BCUT2D eigenvalue weighted by atomic mass is 9.92. The number of aryl methyl sites for hydroxylation is 2. The lowest BCUT2D eigenvalue weighted by molar-refractivity contribution is -0.160. The summed E-state index contributed by atoms with van der Waals surface area (Å²) in [7, 11) is 0. The first kappa shape index (κ1) is 17.7. The molecule has 1 saturated heterocycles. The first-order valence-electron chi connectivity index (χ1n) is 9.15. The van der Waals surface area contributed by atoms with Gasteiger partial charge in [-0.2, -0.15) is 0 Å². The third-order valence-electron chi connectivity index (χ3n) is 5.13. The fourth-order valence-electron chi connectivity index (χ4n) is 3.64. The van der Waals surface area contributed by atoms with E-state index in [0.29, 0.717) is 0 Å². The minimum absolute atomic E-state index is 0.0609. The number of nitrogens with zero attached hydrogens (tertiary/aromatic N) is 1. The number of rotatable bonds is 2. The van der Waals surface area contributed by atoms with Gasteiger partial charge in [0.15, 0.2) is 6.23 Å². The molecule has 4 rings (SSSR count). The summed E-state index contributed by atoms with van der Waals surface area (Å²) < 4.78 is 6.85. The van der Waals surface area contributed by atoms with Crippen LogP contribution in [0.4, 0.5) is 0 Å². The van der Waals surface area contributed by atoms with Gasteiger partial charge in [-0.15, -0.1) is 0 Å². The third-order valence-corrected chi connectivity index (χ3v) is 5.62. The summed E-state index contributed by atoms with van der Waals surface area (Å²) in [5.41, 5.74) is 4.24. The van der Waals surface area contributed by atoms with Crippen molar-refractivity contribution < 1.29 is 9.53 Å². The molecule has 0 saturated carbocycles. The van der Waals surface area contributed by atoms with Crippen LogP contribution in [0.25, 0.3) is 11.3 Å². The van der Waals surface area contributed by atoms with E-state index in [4.69, 9.17) is 9.72 Å². The first-order chi connectivity index (χ1) is 12.3. The second-order valence-corrected chi connectivity index (χ2v) is 9.09. The maximum atomic E-state index is 12.3. The summed E-state index contributed by atoms with van der Waals surface area (Å²) in [6, 6.07) is 6.37. The second-order valence-electron chi connectivity index (χ2n) is 8.18. The van der Waals surface area contributed by atoms with Crippen LogP contribution in [-0.4, -0.2) is 28.7 Å². The molecule has 138 valence electrons. The van der Waals surface area contributed by atoms with Crippen molar-refractivity contribution in [1.82, 2.24) is 15.3 Å². The normalized spacial score (nSPS) is 22.0. The van der Waals surface area contributed by atoms with Gasteiger partial charge in [-0.3, -0.25) is 10.1 Å². The molecule has 0 amide bonds. The standard InChI is InChI=1S/C20H24BrN3O2/c1-20(2,3)19(25)26-18-14(8-9-22-18)17-23-15-7-4-11-10-12(21)5-6-13(11)16(15)24-17/h5-6,10,14,18,22H,4,7-9H2,1-3H3,(H,23,24)/t14-,18?/m0/s1. The predicted octanol–water partition coefficient (Wildman–Crippen LogP) is 3.93. The molecular formula is C20H24BrN3O2. The monoisotopic (exact) mass is 417 g/mol. The van der Waals surface area contributed by atoms with Gasteiger partial charge in [-0.05, 0) is 64.3 Å². The highest BCUT2D eigenvalue weighted by atomic mass is 79.9. The molecule has 5 nitrogen and oxygen atoms in total. The summed E-state index contributed by atoms with van der Waals surface area (Å²) in [5, 5.41) is 3.31. The van der Waals surface area contributed by atoms with Crippen molar-refractivity contribution in [3.63, 3.8) is 0 Å². The Morgan fingerprint density at radius 1 is 1.31 bits per heavy atom. The Kier molecular flexibility index (Phi) is 4.43. The lowest BCUT2D eigenvalue weighted by Crippen LogP contribution is -2.36. The van der Waals surface area contributed by atoms with E-state index in [1.807, 2.05) is 20.8 Å². The molecule has 1 fully saturated rings. The van der Waals surface area contributed by atoms with Crippen LogP contribution < -0.4 is 5.32 Å². The maximum absolute atomic E-state index is 12.3. The Balaban J connectivity index is 1.61. The van der Waals surface area contributed by atoms with Gasteiger partial charge in [0.05, 0.1) is 17.0 Å². The Morgan fingerprint density at radius 2 is 2.12 bits per heavy atom. The molecule has 0 spiro atoms. The van der Waals surface area contributed by atoms with Crippen LogP contribution >= 0.6 is 15.9 Å². The zero-order valence-corrected chi connectivity index (χ0v) is 16.9. The summed E-state index contributed by atoms with van der Waals surface area (Å²) >= 11 is 3.55. The Hall–Kier alpha value is -1.66. The van der Waals surface area contributed by atoms with Gasteiger partial charge in [-0.25, -0.2) is 4.98 Å². The molecule has 0 radical (unpaired) electrons. The van der Waals surface area contributed by atoms with Gasteiger partial charge in [0, 0.05) is 15.7 Å². The number of carbonyl (C=O) groups is 1.